The van der Waals surface area contributed by atoms with Gasteiger partial charge in [0.1, 0.15) is 0 Å². The molecule has 3 fully saturated rings. The van der Waals surface area contributed by atoms with Crippen LogP contribution in [-0.2, 0) is 35.1 Å². The lowest BCUT2D eigenvalue weighted by atomic mass is 9.98. The van der Waals surface area contributed by atoms with Crippen LogP contribution in [0.15, 0.2) is 72.8 Å². The molecule has 1 spiro atoms. The summed E-state index contributed by atoms with van der Waals surface area (Å²) in [7, 11) is 0. The summed E-state index contributed by atoms with van der Waals surface area (Å²) in [6, 6.07) is 22.8. The number of hydrogen-bond acceptors (Lipinski definition) is 9. The highest BCUT2D eigenvalue weighted by molar-refractivity contribution is 5.93. The van der Waals surface area contributed by atoms with Gasteiger partial charge >= 0.3 is 0 Å². The van der Waals surface area contributed by atoms with Crippen molar-refractivity contribution in [2.24, 2.45) is 0 Å². The number of hydrogen-bond donors (Lipinski definition) is 4. The predicted molar refractivity (Wildman–Crippen MR) is 191 cm³/mol. The summed E-state index contributed by atoms with van der Waals surface area (Å²) in [5, 5.41) is 15.4. The van der Waals surface area contributed by atoms with Crippen LogP contribution in [0.1, 0.15) is 86.9 Å². The van der Waals surface area contributed by atoms with Crippen molar-refractivity contribution in [3.05, 3.63) is 89.5 Å². The molecule has 268 valence electrons. The number of aliphatic hydroxyl groups excluding tert-OH is 1. The first-order chi connectivity index (χ1) is 24.4. The average Bonchev–Trinajstić information content (AvgIpc) is 3.60. The predicted octanol–water partition coefficient (Wildman–Crippen LogP) is 6.06. The Labute approximate surface area is 294 Å². The van der Waals surface area contributed by atoms with Gasteiger partial charge < -0.3 is 45.3 Å². The van der Waals surface area contributed by atoms with E-state index in [1.807, 2.05) is 60.7 Å². The molecule has 50 heavy (non-hydrogen) atoms. The molecule has 3 aromatic carbocycles. The van der Waals surface area contributed by atoms with Gasteiger partial charge in [-0.2, -0.15) is 0 Å². The number of nitrogens with zero attached hydrogens (tertiary/aromatic N) is 1. The van der Waals surface area contributed by atoms with E-state index < -0.39 is 12.1 Å². The van der Waals surface area contributed by atoms with Gasteiger partial charge in [-0.3, -0.25) is 9.59 Å². The number of carbonyl (C=O) groups is 2. The van der Waals surface area contributed by atoms with Crippen molar-refractivity contribution in [1.82, 2.24) is 4.90 Å². The van der Waals surface area contributed by atoms with Crippen molar-refractivity contribution >= 4 is 28.9 Å². The number of aliphatic hydroxyl groups is 1. The maximum Gasteiger partial charge on any atom is 0.224 e. The molecule has 3 aromatic rings. The Hall–Kier alpha value is -3.84. The number of ether oxygens (including phenoxy) is 4. The van der Waals surface area contributed by atoms with Crippen LogP contribution in [0.5, 0.6) is 0 Å². The number of nitrogen functional groups attached to an aromatic ring is 1. The van der Waals surface area contributed by atoms with Crippen molar-refractivity contribution in [2.75, 3.05) is 49.2 Å². The van der Waals surface area contributed by atoms with Crippen LogP contribution >= 0.6 is 0 Å². The van der Waals surface area contributed by atoms with Crippen LogP contribution in [-0.4, -0.2) is 66.6 Å². The maximum atomic E-state index is 12.7. The van der Waals surface area contributed by atoms with E-state index in [1.54, 1.807) is 12.1 Å². The molecule has 0 unspecified atom stereocenters. The Bertz CT molecular complexity index is 1530. The lowest BCUT2D eigenvalue weighted by Crippen LogP contribution is -2.48. The number of likely N-dealkylation sites (tertiary alicyclic amines) is 1. The summed E-state index contributed by atoms with van der Waals surface area (Å²) in [6.07, 6.45) is 5.72. The number of amides is 2. The number of para-hydroxylation sites is 2. The Balaban J connectivity index is 0.966. The van der Waals surface area contributed by atoms with Gasteiger partial charge in [0.15, 0.2) is 12.1 Å². The zero-order valence-corrected chi connectivity index (χ0v) is 28.7. The minimum Gasteiger partial charge on any atom is -0.397 e. The third-order valence-electron chi connectivity index (χ3n) is 9.77. The van der Waals surface area contributed by atoms with Crippen LogP contribution < -0.4 is 16.4 Å². The van der Waals surface area contributed by atoms with Gasteiger partial charge in [-0.25, -0.2) is 0 Å². The third-order valence-corrected chi connectivity index (χ3v) is 9.77. The summed E-state index contributed by atoms with van der Waals surface area (Å²) in [5.41, 5.74) is 10.6. The molecule has 5 N–H and O–H groups in total. The number of carbonyl (C=O) groups excluding carboxylic acids is 2. The highest BCUT2D eigenvalue weighted by Crippen LogP contribution is 2.39. The zero-order chi connectivity index (χ0) is 34.8. The second-order valence-electron chi connectivity index (χ2n) is 13.5. The quantitative estimate of drug-likeness (QED) is 0.117. The summed E-state index contributed by atoms with van der Waals surface area (Å²) in [4.78, 5) is 27.3. The van der Waals surface area contributed by atoms with E-state index in [4.69, 9.17) is 24.7 Å². The largest absolute Gasteiger partial charge is 0.397 e. The molecule has 0 aromatic heterocycles. The van der Waals surface area contributed by atoms with Crippen LogP contribution in [0, 0.1) is 0 Å². The molecule has 0 bridgehead atoms. The minimum atomic E-state index is -0.564. The highest BCUT2D eigenvalue weighted by atomic mass is 16.7. The molecule has 3 saturated heterocycles. The number of nitrogens with one attached hydrogen (secondary N) is 2. The van der Waals surface area contributed by atoms with Gasteiger partial charge in [-0.15, -0.1) is 0 Å². The van der Waals surface area contributed by atoms with Gasteiger partial charge in [-0.05, 0) is 48.2 Å². The number of unbranched alkanes of at least 4 members (excludes halogenated alkanes) is 3. The molecule has 6 rings (SSSR count). The first-order valence-corrected chi connectivity index (χ1v) is 17.9. The Morgan fingerprint density at radius 3 is 2.10 bits per heavy atom. The number of anilines is 3. The van der Waals surface area contributed by atoms with E-state index in [2.05, 4.69) is 15.5 Å². The average molecular weight is 687 g/mol. The zero-order valence-electron chi connectivity index (χ0n) is 28.7. The van der Waals surface area contributed by atoms with Gasteiger partial charge in [0, 0.05) is 63.0 Å². The fraction of sp³-hybridized carbons (Fsp3) is 0.487. The van der Waals surface area contributed by atoms with Crippen molar-refractivity contribution < 1.29 is 33.6 Å². The summed E-state index contributed by atoms with van der Waals surface area (Å²) < 4.78 is 24.9. The standard InChI is InChI=1S/C39H50N4O7/c40-33-7-5-6-8-34(33)42-37(46)10-4-2-1-3-9-36(45)41-31-17-15-30(16-18-31)38-49-32(25-35(50-38)29-13-11-28(27-44)12-14-29)26-43-21-19-39(20-22-43)47-23-24-48-39/h5-8,11-18,32,35,38,44H,1-4,9-10,19-27,40H2,(H,41,45)(H,42,46)/t32-,35+,38+/m1/s1. The first kappa shape index (κ1) is 36.0. The molecule has 3 atom stereocenters. The normalized spacial score (nSPS) is 22.0. The van der Waals surface area contributed by atoms with E-state index >= 15 is 0 Å². The van der Waals surface area contributed by atoms with Crippen molar-refractivity contribution in [1.29, 1.82) is 0 Å². The van der Waals surface area contributed by atoms with Crippen molar-refractivity contribution in [3.63, 3.8) is 0 Å². The van der Waals surface area contributed by atoms with Gasteiger partial charge in [0.25, 0.3) is 0 Å². The van der Waals surface area contributed by atoms with Crippen molar-refractivity contribution in [2.45, 2.75) is 88.7 Å². The molecular weight excluding hydrogens is 636 g/mol. The molecule has 0 saturated carbocycles. The number of piperidine rings is 1. The number of rotatable bonds is 14. The molecule has 11 nitrogen and oxygen atoms in total. The topological polar surface area (TPSA) is 145 Å². The first-order valence-electron chi connectivity index (χ1n) is 17.9. The minimum absolute atomic E-state index is 0.000854. The molecule has 3 aliphatic heterocycles. The molecule has 11 heteroatoms. The molecule has 2 amide bonds. The Kier molecular flexibility index (Phi) is 12.5. The van der Waals surface area contributed by atoms with E-state index in [0.717, 1.165) is 80.5 Å². The molecule has 3 aliphatic rings. The SMILES string of the molecule is Nc1ccccc1NC(=O)CCCCCCC(=O)Nc1ccc([C@H]2O[C@@H](CN3CCC4(CC3)OCCO4)C[C@@H](c3ccc(CO)cc3)O2)cc1. The second-order valence-corrected chi connectivity index (χ2v) is 13.5. The lowest BCUT2D eigenvalue weighted by molar-refractivity contribution is -0.255. The summed E-state index contributed by atoms with van der Waals surface area (Å²) in [6.45, 7) is 3.89. The Morgan fingerprint density at radius 1 is 0.800 bits per heavy atom. The summed E-state index contributed by atoms with van der Waals surface area (Å²) in [5.74, 6) is -0.508. The second kappa shape index (κ2) is 17.4. The third kappa shape index (κ3) is 9.90. The lowest BCUT2D eigenvalue weighted by Gasteiger charge is -2.41. The Morgan fingerprint density at radius 2 is 1.44 bits per heavy atom. The van der Waals surface area contributed by atoms with E-state index in [1.165, 1.54) is 0 Å². The van der Waals surface area contributed by atoms with E-state index in [0.29, 0.717) is 43.9 Å². The highest BCUT2D eigenvalue weighted by Gasteiger charge is 2.41. The summed E-state index contributed by atoms with van der Waals surface area (Å²) >= 11 is 0. The van der Waals surface area contributed by atoms with Crippen LogP contribution in [0.25, 0.3) is 0 Å². The fourth-order valence-electron chi connectivity index (χ4n) is 6.88. The van der Waals surface area contributed by atoms with Gasteiger partial charge in [0.05, 0.1) is 43.4 Å². The van der Waals surface area contributed by atoms with Gasteiger partial charge in [0.2, 0.25) is 11.8 Å². The van der Waals surface area contributed by atoms with Gasteiger partial charge in [-0.1, -0.05) is 61.4 Å². The molecule has 0 radical (unpaired) electrons. The van der Waals surface area contributed by atoms with E-state index in [-0.39, 0.29) is 30.6 Å². The molecule has 3 heterocycles. The molecular formula is C39H50N4O7. The van der Waals surface area contributed by atoms with Crippen LogP contribution in [0.3, 0.4) is 0 Å². The van der Waals surface area contributed by atoms with Crippen molar-refractivity contribution in [3.8, 4) is 0 Å². The monoisotopic (exact) mass is 686 g/mol. The maximum absolute atomic E-state index is 12.7. The number of nitrogens with two attached hydrogens (primary N) is 1. The molecule has 0 aliphatic carbocycles. The van der Waals surface area contributed by atoms with Crippen LogP contribution in [0.4, 0.5) is 17.1 Å². The smallest absolute Gasteiger partial charge is 0.224 e. The fourth-order valence-corrected chi connectivity index (χ4v) is 6.88. The van der Waals surface area contributed by atoms with Crippen LogP contribution in [0.2, 0.25) is 0 Å². The number of benzene rings is 3. The van der Waals surface area contributed by atoms with E-state index in [9.17, 15) is 14.7 Å².